The number of alkyl halides is 3. The molecule has 1 heterocycles. The Kier molecular flexibility index (Phi) is 4.83. The highest BCUT2D eigenvalue weighted by atomic mass is 35.5. The van der Waals surface area contributed by atoms with Gasteiger partial charge in [-0.05, 0) is 37.2 Å². The first-order valence-corrected chi connectivity index (χ1v) is 6.82. The summed E-state index contributed by atoms with van der Waals surface area (Å²) in [5.74, 6) is 0.0646. The van der Waals surface area contributed by atoms with Gasteiger partial charge in [0.05, 0.1) is 10.6 Å². The molecule has 0 amide bonds. The van der Waals surface area contributed by atoms with E-state index in [1.54, 1.807) is 0 Å². The van der Waals surface area contributed by atoms with E-state index in [0.29, 0.717) is 0 Å². The van der Waals surface area contributed by atoms with Gasteiger partial charge < -0.3 is 9.83 Å². The summed E-state index contributed by atoms with van der Waals surface area (Å²) in [6.45, 7) is 1.40. The molecule has 1 aromatic heterocycles. The number of nitrogens with zero attached hydrogens (tertiary/aromatic N) is 3. The van der Waals surface area contributed by atoms with Crippen LogP contribution in [0, 0.1) is 11.3 Å². The third-order valence-electron chi connectivity index (χ3n) is 3.07. The first-order valence-electron chi connectivity index (χ1n) is 6.45. The summed E-state index contributed by atoms with van der Waals surface area (Å²) < 4.78 is 37.9. The Bertz CT molecular complexity index is 744. The first-order chi connectivity index (χ1) is 10.8. The van der Waals surface area contributed by atoms with E-state index in [1.165, 1.54) is 36.0 Å². The van der Waals surface area contributed by atoms with Gasteiger partial charge >= 0.3 is 13.2 Å². The number of anilines is 2. The molecule has 0 aliphatic carbocycles. The highest BCUT2D eigenvalue weighted by Crippen LogP contribution is 2.34. The SMILES string of the molecule is CB(O)N(c1ccc(C(F)(F)F)cc1)c1nccc(Cl)c1C#N. The van der Waals surface area contributed by atoms with Crippen LogP contribution >= 0.6 is 11.6 Å². The van der Waals surface area contributed by atoms with Crippen molar-refractivity contribution in [2.45, 2.75) is 13.0 Å². The number of hydrogen-bond donors (Lipinski definition) is 1. The molecule has 1 aromatic carbocycles. The van der Waals surface area contributed by atoms with E-state index in [2.05, 4.69) is 4.98 Å². The van der Waals surface area contributed by atoms with E-state index in [-0.39, 0.29) is 22.1 Å². The molecule has 0 atom stereocenters. The van der Waals surface area contributed by atoms with Crippen LogP contribution < -0.4 is 4.81 Å². The molecule has 2 aromatic rings. The van der Waals surface area contributed by atoms with Crippen LogP contribution in [0.3, 0.4) is 0 Å². The zero-order chi connectivity index (χ0) is 17.2. The number of pyridine rings is 1. The molecule has 118 valence electrons. The predicted molar refractivity (Wildman–Crippen MR) is 81.4 cm³/mol. The zero-order valence-electron chi connectivity index (χ0n) is 11.8. The summed E-state index contributed by atoms with van der Waals surface area (Å²) >= 11 is 5.93. The Balaban J connectivity index is 2.53. The van der Waals surface area contributed by atoms with Crippen LogP contribution in [-0.4, -0.2) is 17.1 Å². The molecule has 0 spiro atoms. The van der Waals surface area contributed by atoms with Gasteiger partial charge in [0.25, 0.3) is 0 Å². The molecule has 0 bridgehead atoms. The molecular weight excluding hydrogens is 329 g/mol. The van der Waals surface area contributed by atoms with Gasteiger partial charge in [0.2, 0.25) is 0 Å². The van der Waals surface area contributed by atoms with E-state index in [1.807, 2.05) is 6.07 Å². The molecule has 0 aliphatic heterocycles. The predicted octanol–water partition coefficient (Wildman–Crippen LogP) is 3.87. The molecule has 0 aliphatic rings. The lowest BCUT2D eigenvalue weighted by atomic mass is 9.83. The lowest BCUT2D eigenvalue weighted by Gasteiger charge is -2.26. The van der Waals surface area contributed by atoms with Crippen LogP contribution in [0.1, 0.15) is 11.1 Å². The summed E-state index contributed by atoms with van der Waals surface area (Å²) in [6.07, 6.45) is -3.11. The van der Waals surface area contributed by atoms with Crippen LogP contribution in [0.2, 0.25) is 11.8 Å². The van der Waals surface area contributed by atoms with Crippen molar-refractivity contribution >= 4 is 30.2 Å². The molecule has 0 fully saturated rings. The molecule has 0 radical (unpaired) electrons. The molecule has 4 nitrogen and oxygen atoms in total. The van der Waals surface area contributed by atoms with Crippen molar-refractivity contribution in [2.75, 3.05) is 4.81 Å². The maximum atomic E-state index is 12.6. The molecule has 0 saturated carbocycles. The lowest BCUT2D eigenvalue weighted by molar-refractivity contribution is -0.137. The van der Waals surface area contributed by atoms with Crippen molar-refractivity contribution in [1.29, 1.82) is 5.26 Å². The van der Waals surface area contributed by atoms with Crippen LogP contribution in [0.4, 0.5) is 24.7 Å². The van der Waals surface area contributed by atoms with Crippen molar-refractivity contribution < 1.29 is 18.2 Å². The van der Waals surface area contributed by atoms with E-state index >= 15 is 0 Å². The first kappa shape index (κ1) is 17.1. The number of aromatic nitrogens is 1. The summed E-state index contributed by atoms with van der Waals surface area (Å²) in [7, 11) is -1.13. The molecule has 2 rings (SSSR count). The normalized spacial score (nSPS) is 11.0. The quantitative estimate of drug-likeness (QED) is 0.862. The van der Waals surface area contributed by atoms with Crippen LogP contribution in [-0.2, 0) is 6.18 Å². The minimum absolute atomic E-state index is 0.0231. The van der Waals surface area contributed by atoms with Gasteiger partial charge in [-0.1, -0.05) is 11.6 Å². The van der Waals surface area contributed by atoms with Crippen LogP contribution in [0.25, 0.3) is 0 Å². The Hall–Kier alpha value is -2.24. The Morgan fingerprint density at radius 2 is 1.87 bits per heavy atom. The molecule has 1 N–H and O–H groups in total. The third kappa shape index (κ3) is 3.58. The highest BCUT2D eigenvalue weighted by molar-refractivity contribution is 6.55. The van der Waals surface area contributed by atoms with Gasteiger partial charge in [0.1, 0.15) is 17.5 Å². The maximum absolute atomic E-state index is 12.6. The molecule has 0 saturated heterocycles. The number of rotatable bonds is 3. The van der Waals surface area contributed by atoms with E-state index in [0.717, 1.165) is 12.1 Å². The fourth-order valence-corrected chi connectivity index (χ4v) is 2.22. The second-order valence-electron chi connectivity index (χ2n) is 4.65. The van der Waals surface area contributed by atoms with Crippen LogP contribution in [0.5, 0.6) is 0 Å². The summed E-state index contributed by atoms with van der Waals surface area (Å²) in [5, 5.41) is 19.3. The fourth-order valence-electron chi connectivity index (χ4n) is 2.04. The fraction of sp³-hybridized carbons (Fsp3) is 0.143. The molecule has 9 heteroatoms. The van der Waals surface area contributed by atoms with Gasteiger partial charge in [-0.25, -0.2) is 4.98 Å². The number of benzene rings is 1. The topological polar surface area (TPSA) is 60.1 Å². The van der Waals surface area contributed by atoms with E-state index in [4.69, 9.17) is 11.6 Å². The van der Waals surface area contributed by atoms with Crippen molar-refractivity contribution in [3.8, 4) is 6.07 Å². The van der Waals surface area contributed by atoms with Gasteiger partial charge in [-0.3, -0.25) is 0 Å². The van der Waals surface area contributed by atoms with Gasteiger partial charge in [-0.2, -0.15) is 18.4 Å². The standard InChI is InChI=1S/C14H10BClF3N3O/c1-15(23)22(13-11(8-20)12(16)6-7-21-13)10-4-2-9(3-5-10)14(17,18)19/h2-7,23H,1H3. The summed E-state index contributed by atoms with van der Waals surface area (Å²) in [5.41, 5.74) is -0.541. The van der Waals surface area contributed by atoms with Crippen molar-refractivity contribution in [3.63, 3.8) is 0 Å². The lowest BCUT2D eigenvalue weighted by Crippen LogP contribution is -2.34. The average molecular weight is 340 g/mol. The second kappa shape index (κ2) is 6.48. The minimum Gasteiger partial charge on any atom is -0.432 e. The van der Waals surface area contributed by atoms with Gasteiger partial charge in [0.15, 0.2) is 0 Å². The average Bonchev–Trinajstić information content (AvgIpc) is 2.47. The summed E-state index contributed by atoms with van der Waals surface area (Å²) in [4.78, 5) is 5.24. The van der Waals surface area contributed by atoms with E-state index < -0.39 is 18.8 Å². The maximum Gasteiger partial charge on any atom is 0.416 e. The van der Waals surface area contributed by atoms with Gasteiger partial charge in [-0.15, -0.1) is 0 Å². The monoisotopic (exact) mass is 339 g/mol. The third-order valence-corrected chi connectivity index (χ3v) is 3.38. The highest BCUT2D eigenvalue weighted by Gasteiger charge is 2.31. The number of halogens is 4. The molecule has 0 unspecified atom stereocenters. The number of hydrogen-bond acceptors (Lipinski definition) is 4. The van der Waals surface area contributed by atoms with Crippen molar-refractivity contribution in [2.24, 2.45) is 0 Å². The van der Waals surface area contributed by atoms with Crippen LogP contribution in [0.15, 0.2) is 36.5 Å². The van der Waals surface area contributed by atoms with E-state index in [9.17, 15) is 23.5 Å². The molecular formula is C14H10BClF3N3O. The summed E-state index contributed by atoms with van der Waals surface area (Å²) in [6, 6.07) is 7.46. The van der Waals surface area contributed by atoms with Gasteiger partial charge in [0, 0.05) is 11.9 Å². The largest absolute Gasteiger partial charge is 0.432 e. The minimum atomic E-state index is -4.46. The smallest absolute Gasteiger partial charge is 0.416 e. The van der Waals surface area contributed by atoms with Crippen molar-refractivity contribution in [3.05, 3.63) is 52.7 Å². The number of nitriles is 1. The van der Waals surface area contributed by atoms with Crippen molar-refractivity contribution in [1.82, 2.24) is 4.98 Å². The Morgan fingerprint density at radius 3 is 2.35 bits per heavy atom. The molecule has 23 heavy (non-hydrogen) atoms. The Labute approximate surface area is 135 Å². The Morgan fingerprint density at radius 1 is 1.26 bits per heavy atom. The second-order valence-corrected chi connectivity index (χ2v) is 5.06. The zero-order valence-corrected chi connectivity index (χ0v) is 12.6.